The summed E-state index contributed by atoms with van der Waals surface area (Å²) in [4.78, 5) is 0. The van der Waals surface area contributed by atoms with E-state index in [4.69, 9.17) is 15.4 Å². The van der Waals surface area contributed by atoms with Crippen LogP contribution in [0.5, 0.6) is 0 Å². The van der Waals surface area contributed by atoms with Crippen molar-refractivity contribution in [3.05, 3.63) is 108 Å². The molecular weight excluding hydrogens is 712 g/mol. The Labute approximate surface area is 332 Å². The molecule has 0 heterocycles. The molecule has 0 unspecified atom stereocenters. The van der Waals surface area contributed by atoms with Gasteiger partial charge in [0.1, 0.15) is 7.14 Å². The van der Waals surface area contributed by atoms with Crippen LogP contribution < -0.4 is 10.6 Å². The average molecular weight is 785 g/mol. The Bertz CT molecular complexity index is 1700. The van der Waals surface area contributed by atoms with Gasteiger partial charge in [-0.1, -0.05) is 153 Å². The van der Waals surface area contributed by atoms with E-state index in [-0.39, 0.29) is 27.7 Å². The molecule has 0 aliphatic heterocycles. The normalized spacial score (nSPS) is 28.2. The van der Waals surface area contributed by atoms with Gasteiger partial charge in [-0.3, -0.25) is 0 Å². The summed E-state index contributed by atoms with van der Waals surface area (Å²) in [5.74, 6) is 1.63. The summed E-state index contributed by atoms with van der Waals surface area (Å²) in [6.45, 7) is 33.2. The molecule has 0 amide bonds. The first kappa shape index (κ1) is 43.1. The molecule has 0 aromatic heterocycles. The van der Waals surface area contributed by atoms with Crippen LogP contribution in [0.3, 0.4) is 0 Å². The maximum Gasteiger partial charge on any atom is 0.192 e. The van der Waals surface area contributed by atoms with Crippen molar-refractivity contribution in [1.29, 1.82) is 0 Å². The Kier molecular flexibility index (Phi) is 13.1. The number of benzene rings is 2. The van der Waals surface area contributed by atoms with Crippen LogP contribution in [0.15, 0.2) is 108 Å². The molecule has 0 N–H and O–H groups in total. The van der Waals surface area contributed by atoms with Crippen molar-refractivity contribution in [2.75, 3.05) is 6.16 Å². The zero-order chi connectivity index (χ0) is 39.7. The number of hydrogen-bond donors (Lipinski definition) is 0. The molecule has 54 heavy (non-hydrogen) atoms. The van der Waals surface area contributed by atoms with Gasteiger partial charge in [0.15, 0.2) is 16.6 Å². The van der Waals surface area contributed by atoms with Crippen LogP contribution in [0.2, 0.25) is 36.3 Å². The van der Waals surface area contributed by atoms with Gasteiger partial charge in [0.05, 0.1) is 12.2 Å². The van der Waals surface area contributed by atoms with E-state index in [0.29, 0.717) is 23.9 Å². The van der Waals surface area contributed by atoms with E-state index in [0.717, 1.165) is 29.0 Å². The summed E-state index contributed by atoms with van der Waals surface area (Å²) in [5.41, 5.74) is 4.37. The maximum absolute atomic E-state index is 14.7. The third kappa shape index (κ3) is 9.23. The predicted octanol–water partition coefficient (Wildman–Crippen LogP) is 13.4. The van der Waals surface area contributed by atoms with E-state index in [2.05, 4.69) is 106 Å². The zero-order valence-corrected chi connectivity index (χ0v) is 38.9. The highest BCUT2D eigenvalue weighted by atomic mass is 31.2. The van der Waals surface area contributed by atoms with Crippen molar-refractivity contribution in [2.24, 2.45) is 23.2 Å². The fourth-order valence-corrected chi connectivity index (χ4v) is 14.3. The first-order valence-electron chi connectivity index (χ1n) is 20.9. The van der Waals surface area contributed by atoms with E-state index in [1.807, 2.05) is 60.7 Å². The SMILES string of the molecule is C=C1C(=CC=C2CCC[C@]3(C)[C@@H]([C@H](C)C=CCP(=O)(c4ccccc4)c4ccccc4)CC[C@@H]23)C[C@@H](O[Si](C)(C)C(C)(C)C)C[C@@H]1O[Si](C)(C)C(C)(C)C. The first-order valence-corrected chi connectivity index (χ1v) is 28.6. The van der Waals surface area contributed by atoms with Crippen LogP contribution in [-0.2, 0) is 13.4 Å². The number of rotatable bonds is 11. The molecule has 6 heteroatoms. The number of fused-ring (bicyclic) bond motifs is 1. The molecule has 3 aliphatic rings. The average Bonchev–Trinajstić information content (AvgIpc) is 3.46. The maximum atomic E-state index is 14.7. The molecular formula is C48H73O3PSi2. The molecule has 0 radical (unpaired) electrons. The molecule has 0 bridgehead atoms. The molecule has 3 saturated carbocycles. The van der Waals surface area contributed by atoms with Crippen LogP contribution >= 0.6 is 7.14 Å². The van der Waals surface area contributed by atoms with Crippen molar-refractivity contribution in [3.63, 3.8) is 0 Å². The second kappa shape index (κ2) is 16.5. The van der Waals surface area contributed by atoms with E-state index in [9.17, 15) is 4.57 Å². The fourth-order valence-electron chi connectivity index (χ4n) is 9.16. The molecule has 0 saturated heterocycles. The van der Waals surface area contributed by atoms with Crippen molar-refractivity contribution >= 4 is 34.4 Å². The first-order chi connectivity index (χ1) is 25.1. The molecule has 6 atom stereocenters. The summed E-state index contributed by atoms with van der Waals surface area (Å²) in [5, 5.41) is 2.17. The Morgan fingerprint density at radius 1 is 0.870 bits per heavy atom. The van der Waals surface area contributed by atoms with E-state index >= 15 is 0 Å². The Balaban J connectivity index is 1.36. The number of allylic oxidation sites excluding steroid dienone is 5. The lowest BCUT2D eigenvalue weighted by Crippen LogP contribution is -2.49. The van der Waals surface area contributed by atoms with Gasteiger partial charge >= 0.3 is 0 Å². The largest absolute Gasteiger partial charge is 0.413 e. The van der Waals surface area contributed by atoms with Crippen LogP contribution in [-0.4, -0.2) is 35.0 Å². The monoisotopic (exact) mass is 784 g/mol. The van der Waals surface area contributed by atoms with Crippen molar-refractivity contribution in [3.8, 4) is 0 Å². The van der Waals surface area contributed by atoms with Gasteiger partial charge in [-0.25, -0.2) is 0 Å². The molecule has 3 fully saturated rings. The van der Waals surface area contributed by atoms with Crippen LogP contribution in [0.1, 0.15) is 100 Å². The summed E-state index contributed by atoms with van der Waals surface area (Å²) in [6, 6.07) is 20.2. The van der Waals surface area contributed by atoms with Crippen molar-refractivity contribution in [2.45, 2.75) is 149 Å². The Morgan fingerprint density at radius 3 is 1.98 bits per heavy atom. The second-order valence-electron chi connectivity index (χ2n) is 20.2. The summed E-state index contributed by atoms with van der Waals surface area (Å²) in [7, 11) is -6.74. The molecule has 2 aromatic rings. The predicted molar refractivity (Wildman–Crippen MR) is 240 cm³/mol. The number of hydrogen-bond acceptors (Lipinski definition) is 3. The van der Waals surface area contributed by atoms with E-state index in [1.54, 1.807) is 5.57 Å². The van der Waals surface area contributed by atoms with Crippen LogP contribution in [0.25, 0.3) is 0 Å². The quantitative estimate of drug-likeness (QED) is 0.129. The topological polar surface area (TPSA) is 35.5 Å². The smallest absolute Gasteiger partial charge is 0.192 e. The van der Waals surface area contributed by atoms with Crippen LogP contribution in [0.4, 0.5) is 0 Å². The second-order valence-corrected chi connectivity index (χ2v) is 32.6. The summed E-state index contributed by atoms with van der Waals surface area (Å²) < 4.78 is 28.9. The Hall–Kier alpha value is -2.02. The van der Waals surface area contributed by atoms with Gasteiger partial charge in [-0.15, -0.1) is 0 Å². The van der Waals surface area contributed by atoms with Crippen molar-refractivity contribution < 1.29 is 13.4 Å². The van der Waals surface area contributed by atoms with Crippen LogP contribution in [0, 0.1) is 23.2 Å². The Morgan fingerprint density at radius 2 is 1.43 bits per heavy atom. The van der Waals surface area contributed by atoms with Gasteiger partial charge < -0.3 is 13.4 Å². The molecule has 3 nitrogen and oxygen atoms in total. The molecule has 296 valence electrons. The molecule has 5 rings (SSSR count). The summed E-state index contributed by atoms with van der Waals surface area (Å²) in [6.07, 6.45) is 18.3. The van der Waals surface area contributed by atoms with Gasteiger partial charge in [0, 0.05) is 23.2 Å². The van der Waals surface area contributed by atoms with E-state index in [1.165, 1.54) is 37.7 Å². The highest BCUT2D eigenvalue weighted by Gasteiger charge is 2.50. The molecule has 3 aliphatic carbocycles. The lowest BCUT2D eigenvalue weighted by Gasteiger charge is -2.45. The zero-order valence-electron chi connectivity index (χ0n) is 36.0. The highest BCUT2D eigenvalue weighted by Crippen LogP contribution is 2.60. The third-order valence-electron chi connectivity index (χ3n) is 14.6. The standard InChI is InChI=1S/C48H73O3PSi2/c1-36(22-21-33-52(49,41-24-16-14-17-25-41)42-26-18-15-19-27-42)43-30-31-44-38(23-20-32-48(43,44)9)28-29-39-34-40(50-53(10,11)46(3,4)5)35-45(37(39)2)51-54(12,13)47(6,7)8/h14-19,21-22,24-29,36,40,43-45H,2,20,23,30-35H2,1,3-13H3/t36-,40-,43-,44+,45+,48-/m1/s1. The van der Waals surface area contributed by atoms with E-state index < -0.39 is 23.8 Å². The summed E-state index contributed by atoms with van der Waals surface area (Å²) >= 11 is 0. The fraction of sp³-hybridized carbons (Fsp3) is 0.583. The van der Waals surface area contributed by atoms with Gasteiger partial charge in [0.25, 0.3) is 0 Å². The minimum absolute atomic E-state index is 0.00160. The lowest BCUT2D eigenvalue weighted by molar-refractivity contribution is 0.0969. The lowest BCUT2D eigenvalue weighted by atomic mass is 9.61. The highest BCUT2D eigenvalue weighted by molar-refractivity contribution is 7.78. The van der Waals surface area contributed by atoms with Gasteiger partial charge in [-0.05, 0) is 109 Å². The van der Waals surface area contributed by atoms with Crippen molar-refractivity contribution in [1.82, 2.24) is 0 Å². The van der Waals surface area contributed by atoms with Gasteiger partial charge in [0.2, 0.25) is 0 Å². The third-order valence-corrected chi connectivity index (χ3v) is 26.6. The minimum atomic E-state index is -2.77. The molecule has 0 spiro atoms. The minimum Gasteiger partial charge on any atom is -0.413 e. The molecule has 2 aromatic carbocycles. The van der Waals surface area contributed by atoms with Gasteiger partial charge in [-0.2, -0.15) is 0 Å².